The first-order valence-corrected chi connectivity index (χ1v) is 6.59. The van der Waals surface area contributed by atoms with Gasteiger partial charge in [0.05, 0.1) is 11.7 Å². The van der Waals surface area contributed by atoms with Gasteiger partial charge in [-0.1, -0.05) is 23.7 Å². The van der Waals surface area contributed by atoms with E-state index in [2.05, 4.69) is 0 Å². The van der Waals surface area contributed by atoms with Gasteiger partial charge in [0.2, 0.25) is 0 Å². The summed E-state index contributed by atoms with van der Waals surface area (Å²) < 4.78 is 10.9. The Morgan fingerprint density at radius 2 is 2.17 bits per heavy atom. The Hall–Kier alpha value is -0.610. The molecule has 0 bridgehead atoms. The molecule has 1 heterocycles. The number of aliphatic hydroxyl groups is 1. The molecule has 1 saturated heterocycles. The highest BCUT2D eigenvalue weighted by atomic mass is 35.5. The third-order valence-corrected chi connectivity index (χ3v) is 3.91. The monoisotopic (exact) mass is 270 g/mol. The van der Waals surface area contributed by atoms with Crippen LogP contribution >= 0.6 is 11.6 Å². The van der Waals surface area contributed by atoms with Crippen molar-refractivity contribution in [3.8, 4) is 0 Å². The maximum absolute atomic E-state index is 10.4. The highest BCUT2D eigenvalue weighted by Gasteiger charge is 2.39. The Balaban J connectivity index is 2.07. The Kier molecular flexibility index (Phi) is 4.62. The molecule has 1 N–H and O–H groups in total. The minimum absolute atomic E-state index is 0.486. The SMILES string of the molecule is COC1(C(O)Cc2cccc(Cl)c2)CCOCC1. The van der Waals surface area contributed by atoms with E-state index in [-0.39, 0.29) is 0 Å². The molecule has 0 radical (unpaired) electrons. The van der Waals surface area contributed by atoms with Crippen LogP contribution in [0.5, 0.6) is 0 Å². The molecule has 2 rings (SSSR count). The summed E-state index contributed by atoms with van der Waals surface area (Å²) in [5.74, 6) is 0. The van der Waals surface area contributed by atoms with Crippen molar-refractivity contribution >= 4 is 11.6 Å². The van der Waals surface area contributed by atoms with Gasteiger partial charge >= 0.3 is 0 Å². The lowest BCUT2D eigenvalue weighted by Crippen LogP contribution is -2.49. The number of benzene rings is 1. The lowest BCUT2D eigenvalue weighted by atomic mass is 9.85. The summed E-state index contributed by atoms with van der Waals surface area (Å²) in [4.78, 5) is 0. The molecule has 3 nitrogen and oxygen atoms in total. The van der Waals surface area contributed by atoms with Crippen molar-refractivity contribution in [3.05, 3.63) is 34.9 Å². The minimum Gasteiger partial charge on any atom is -0.390 e. The molecule has 1 aliphatic heterocycles. The van der Waals surface area contributed by atoms with Crippen LogP contribution in [-0.2, 0) is 15.9 Å². The fraction of sp³-hybridized carbons (Fsp3) is 0.571. The Bertz CT molecular complexity index is 388. The average Bonchev–Trinajstić information content (AvgIpc) is 2.39. The van der Waals surface area contributed by atoms with Crippen molar-refractivity contribution in [1.29, 1.82) is 0 Å². The molecule has 100 valence electrons. The Morgan fingerprint density at radius 1 is 1.44 bits per heavy atom. The summed E-state index contributed by atoms with van der Waals surface area (Å²) in [5, 5.41) is 11.1. The van der Waals surface area contributed by atoms with Gasteiger partial charge in [0.25, 0.3) is 0 Å². The first-order valence-electron chi connectivity index (χ1n) is 6.22. The molecule has 0 saturated carbocycles. The molecule has 0 aliphatic carbocycles. The largest absolute Gasteiger partial charge is 0.390 e. The van der Waals surface area contributed by atoms with Crippen molar-refractivity contribution in [2.24, 2.45) is 0 Å². The van der Waals surface area contributed by atoms with E-state index in [4.69, 9.17) is 21.1 Å². The summed E-state index contributed by atoms with van der Waals surface area (Å²) >= 11 is 5.95. The zero-order valence-electron chi connectivity index (χ0n) is 10.6. The van der Waals surface area contributed by atoms with Crippen molar-refractivity contribution in [2.75, 3.05) is 20.3 Å². The zero-order valence-corrected chi connectivity index (χ0v) is 11.3. The summed E-state index contributed by atoms with van der Waals surface area (Å²) in [6.07, 6.45) is 1.47. The number of halogens is 1. The quantitative estimate of drug-likeness (QED) is 0.913. The van der Waals surface area contributed by atoms with Gasteiger partial charge in [-0.3, -0.25) is 0 Å². The third-order valence-electron chi connectivity index (χ3n) is 3.67. The summed E-state index contributed by atoms with van der Waals surface area (Å²) in [5.41, 5.74) is 0.540. The van der Waals surface area contributed by atoms with E-state index in [1.54, 1.807) is 7.11 Å². The summed E-state index contributed by atoms with van der Waals surface area (Å²) in [7, 11) is 1.66. The van der Waals surface area contributed by atoms with Crippen LogP contribution in [0.1, 0.15) is 18.4 Å². The average molecular weight is 271 g/mol. The van der Waals surface area contributed by atoms with Gasteiger partial charge in [0.15, 0.2) is 0 Å². The van der Waals surface area contributed by atoms with E-state index >= 15 is 0 Å². The molecule has 0 aromatic heterocycles. The smallest absolute Gasteiger partial charge is 0.0983 e. The van der Waals surface area contributed by atoms with Crippen LogP contribution in [0, 0.1) is 0 Å². The lowest BCUT2D eigenvalue weighted by Gasteiger charge is -2.39. The second-order valence-electron chi connectivity index (χ2n) is 4.73. The summed E-state index contributed by atoms with van der Waals surface area (Å²) in [6.45, 7) is 1.28. The van der Waals surface area contributed by atoms with Crippen LogP contribution in [0.25, 0.3) is 0 Å². The van der Waals surface area contributed by atoms with E-state index in [1.807, 2.05) is 24.3 Å². The maximum atomic E-state index is 10.4. The van der Waals surface area contributed by atoms with Crippen molar-refractivity contribution < 1.29 is 14.6 Å². The van der Waals surface area contributed by atoms with E-state index in [1.165, 1.54) is 0 Å². The van der Waals surface area contributed by atoms with Gasteiger partial charge in [0, 0.05) is 44.6 Å². The second kappa shape index (κ2) is 6.02. The highest BCUT2D eigenvalue weighted by Crippen LogP contribution is 2.30. The van der Waals surface area contributed by atoms with Crippen molar-refractivity contribution in [1.82, 2.24) is 0 Å². The number of aliphatic hydroxyl groups excluding tert-OH is 1. The van der Waals surface area contributed by atoms with Crippen LogP contribution < -0.4 is 0 Å². The molecule has 0 spiro atoms. The first-order chi connectivity index (χ1) is 8.66. The van der Waals surface area contributed by atoms with Crippen molar-refractivity contribution in [2.45, 2.75) is 31.0 Å². The van der Waals surface area contributed by atoms with E-state index in [0.29, 0.717) is 24.7 Å². The van der Waals surface area contributed by atoms with Gasteiger partial charge in [-0.25, -0.2) is 0 Å². The Morgan fingerprint density at radius 3 is 2.78 bits per heavy atom. The lowest BCUT2D eigenvalue weighted by molar-refractivity contribution is -0.151. The standard InChI is InChI=1S/C14H19ClO3/c1-17-14(5-7-18-8-6-14)13(16)10-11-3-2-4-12(15)9-11/h2-4,9,13,16H,5-8,10H2,1H3. The van der Waals surface area contributed by atoms with Crippen LogP contribution in [0.3, 0.4) is 0 Å². The molecular formula is C14H19ClO3. The molecule has 1 atom stereocenters. The van der Waals surface area contributed by atoms with Gasteiger partial charge in [-0.05, 0) is 17.7 Å². The molecule has 1 fully saturated rings. The molecule has 18 heavy (non-hydrogen) atoms. The number of rotatable bonds is 4. The molecule has 1 aromatic rings. The van der Waals surface area contributed by atoms with Gasteiger partial charge < -0.3 is 14.6 Å². The summed E-state index contributed by atoms with van der Waals surface area (Å²) in [6, 6.07) is 7.58. The molecule has 4 heteroatoms. The third kappa shape index (κ3) is 3.04. The molecule has 1 aliphatic rings. The minimum atomic E-state index is -0.537. The highest BCUT2D eigenvalue weighted by molar-refractivity contribution is 6.30. The molecule has 1 aromatic carbocycles. The fourth-order valence-electron chi connectivity index (χ4n) is 2.46. The molecule has 0 amide bonds. The second-order valence-corrected chi connectivity index (χ2v) is 5.17. The van der Waals surface area contributed by atoms with Crippen LogP contribution in [0.4, 0.5) is 0 Å². The molecular weight excluding hydrogens is 252 g/mol. The topological polar surface area (TPSA) is 38.7 Å². The van der Waals surface area contributed by atoms with Crippen LogP contribution in [-0.4, -0.2) is 37.1 Å². The number of hydrogen-bond acceptors (Lipinski definition) is 3. The number of hydrogen-bond donors (Lipinski definition) is 1. The van der Waals surface area contributed by atoms with E-state index in [0.717, 1.165) is 18.4 Å². The fourth-order valence-corrected chi connectivity index (χ4v) is 2.68. The van der Waals surface area contributed by atoms with E-state index < -0.39 is 11.7 Å². The Labute approximate surface area is 113 Å². The number of methoxy groups -OCH3 is 1. The maximum Gasteiger partial charge on any atom is 0.0983 e. The molecule has 1 unspecified atom stereocenters. The normalized spacial score (nSPS) is 20.6. The van der Waals surface area contributed by atoms with Gasteiger partial charge in [0.1, 0.15) is 0 Å². The van der Waals surface area contributed by atoms with Gasteiger partial charge in [-0.15, -0.1) is 0 Å². The first kappa shape index (κ1) is 13.8. The van der Waals surface area contributed by atoms with Crippen LogP contribution in [0.2, 0.25) is 5.02 Å². The van der Waals surface area contributed by atoms with Crippen molar-refractivity contribution in [3.63, 3.8) is 0 Å². The number of ether oxygens (including phenoxy) is 2. The predicted octanol–water partition coefficient (Wildman–Crippen LogP) is 2.44. The van der Waals surface area contributed by atoms with Crippen LogP contribution in [0.15, 0.2) is 24.3 Å². The van der Waals surface area contributed by atoms with Gasteiger partial charge in [-0.2, -0.15) is 0 Å². The van der Waals surface area contributed by atoms with E-state index in [9.17, 15) is 5.11 Å². The zero-order chi connectivity index (χ0) is 13.0. The predicted molar refractivity (Wildman–Crippen MR) is 71.0 cm³/mol.